The van der Waals surface area contributed by atoms with Crippen molar-refractivity contribution in [1.82, 2.24) is 0 Å². The van der Waals surface area contributed by atoms with E-state index in [1.54, 1.807) is 19.1 Å². The minimum absolute atomic E-state index is 0.114. The van der Waals surface area contributed by atoms with Gasteiger partial charge in [-0.15, -0.1) is 0 Å². The van der Waals surface area contributed by atoms with E-state index in [0.717, 1.165) is 13.0 Å². The molecule has 0 amide bonds. The third-order valence-electron chi connectivity index (χ3n) is 3.68. The standard InChI is InChI=1S/C13H18N2O3/c1-10-4-3-5-11(12(10)15(17)18)14-7-6-13(2,8-14)9-16/h3-5,16H,6-9H2,1-2H3/t13-/m0/s1. The van der Waals surface area contributed by atoms with Crippen LogP contribution in [0, 0.1) is 22.5 Å². The summed E-state index contributed by atoms with van der Waals surface area (Å²) in [4.78, 5) is 12.8. The van der Waals surface area contributed by atoms with Gasteiger partial charge in [0.25, 0.3) is 5.69 Å². The van der Waals surface area contributed by atoms with Crippen LogP contribution in [0.3, 0.4) is 0 Å². The first-order valence-corrected chi connectivity index (χ1v) is 6.07. The summed E-state index contributed by atoms with van der Waals surface area (Å²) in [5, 5.41) is 20.5. The maximum absolute atomic E-state index is 11.2. The molecule has 0 saturated carbocycles. The number of aliphatic hydroxyl groups excluding tert-OH is 1. The van der Waals surface area contributed by atoms with Crippen LogP contribution < -0.4 is 4.90 Å². The van der Waals surface area contributed by atoms with Gasteiger partial charge in [0.2, 0.25) is 0 Å². The highest BCUT2D eigenvalue weighted by molar-refractivity contribution is 5.67. The minimum atomic E-state index is -0.320. The van der Waals surface area contributed by atoms with Gasteiger partial charge >= 0.3 is 0 Å². The van der Waals surface area contributed by atoms with Crippen LogP contribution in [-0.2, 0) is 0 Å². The van der Waals surface area contributed by atoms with Crippen molar-refractivity contribution >= 4 is 11.4 Å². The van der Waals surface area contributed by atoms with Crippen LogP contribution in [-0.4, -0.2) is 29.7 Å². The summed E-state index contributed by atoms with van der Waals surface area (Å²) in [6, 6.07) is 5.38. The maximum atomic E-state index is 11.2. The Morgan fingerprint density at radius 1 is 1.56 bits per heavy atom. The van der Waals surface area contributed by atoms with Gasteiger partial charge in [-0.2, -0.15) is 0 Å². The van der Waals surface area contributed by atoms with Gasteiger partial charge in [0, 0.05) is 24.1 Å². The lowest BCUT2D eigenvalue weighted by molar-refractivity contribution is -0.384. The largest absolute Gasteiger partial charge is 0.396 e. The molecule has 1 heterocycles. The van der Waals surface area contributed by atoms with E-state index >= 15 is 0 Å². The average Bonchev–Trinajstić information content (AvgIpc) is 2.72. The number of hydrogen-bond acceptors (Lipinski definition) is 4. The lowest BCUT2D eigenvalue weighted by Crippen LogP contribution is -2.28. The van der Waals surface area contributed by atoms with Crippen molar-refractivity contribution in [3.63, 3.8) is 0 Å². The van der Waals surface area contributed by atoms with Crippen LogP contribution >= 0.6 is 0 Å². The normalized spacial score (nSPS) is 23.4. The fourth-order valence-corrected chi connectivity index (χ4v) is 2.49. The number of nitrogens with zero attached hydrogens (tertiary/aromatic N) is 2. The summed E-state index contributed by atoms with van der Waals surface area (Å²) < 4.78 is 0. The van der Waals surface area contributed by atoms with Crippen molar-refractivity contribution in [1.29, 1.82) is 0 Å². The Labute approximate surface area is 106 Å². The van der Waals surface area contributed by atoms with Gasteiger partial charge in [-0.25, -0.2) is 0 Å². The van der Waals surface area contributed by atoms with Crippen molar-refractivity contribution < 1.29 is 10.0 Å². The average molecular weight is 250 g/mol. The zero-order valence-electron chi connectivity index (χ0n) is 10.7. The Morgan fingerprint density at radius 2 is 2.28 bits per heavy atom. The Kier molecular flexibility index (Phi) is 3.26. The van der Waals surface area contributed by atoms with Crippen LogP contribution in [0.25, 0.3) is 0 Å². The highest BCUT2D eigenvalue weighted by Crippen LogP contribution is 2.38. The molecule has 1 aromatic carbocycles. The van der Waals surface area contributed by atoms with E-state index in [1.807, 2.05) is 17.9 Å². The molecule has 2 rings (SSSR count). The summed E-state index contributed by atoms with van der Waals surface area (Å²) in [7, 11) is 0. The van der Waals surface area contributed by atoms with Gasteiger partial charge in [-0.05, 0) is 19.4 Å². The van der Waals surface area contributed by atoms with Crippen molar-refractivity contribution in [2.24, 2.45) is 5.41 Å². The fourth-order valence-electron chi connectivity index (χ4n) is 2.49. The Hall–Kier alpha value is -1.62. The first-order valence-electron chi connectivity index (χ1n) is 6.07. The Balaban J connectivity index is 2.36. The molecule has 0 aromatic heterocycles. The number of aryl methyl sites for hydroxylation is 1. The third kappa shape index (κ3) is 2.18. The van der Waals surface area contributed by atoms with Crippen molar-refractivity contribution in [3.8, 4) is 0 Å². The molecule has 1 atom stereocenters. The maximum Gasteiger partial charge on any atom is 0.295 e. The van der Waals surface area contributed by atoms with E-state index in [0.29, 0.717) is 17.8 Å². The molecule has 0 radical (unpaired) electrons. The predicted octanol–water partition coefficient (Wildman–Crippen LogP) is 2.11. The lowest BCUT2D eigenvalue weighted by Gasteiger charge is -2.23. The van der Waals surface area contributed by atoms with E-state index in [1.165, 1.54) is 0 Å². The molecule has 1 N–H and O–H groups in total. The smallest absolute Gasteiger partial charge is 0.295 e. The van der Waals surface area contributed by atoms with Crippen LogP contribution in [0.2, 0.25) is 0 Å². The summed E-state index contributed by atoms with van der Waals surface area (Å²) in [6.45, 7) is 5.29. The number of hydrogen-bond donors (Lipinski definition) is 1. The van der Waals surface area contributed by atoms with E-state index in [4.69, 9.17) is 0 Å². The molecule has 0 bridgehead atoms. The molecular formula is C13H18N2O3. The first-order chi connectivity index (χ1) is 8.47. The fraction of sp³-hybridized carbons (Fsp3) is 0.538. The van der Waals surface area contributed by atoms with Crippen LogP contribution in [0.4, 0.5) is 11.4 Å². The SMILES string of the molecule is Cc1cccc(N2CC[C@](C)(CO)C2)c1[N+](=O)[O-]. The highest BCUT2D eigenvalue weighted by atomic mass is 16.6. The van der Waals surface area contributed by atoms with Crippen molar-refractivity contribution in [3.05, 3.63) is 33.9 Å². The van der Waals surface area contributed by atoms with Gasteiger partial charge < -0.3 is 10.0 Å². The van der Waals surface area contributed by atoms with Crippen LogP contribution in [0.1, 0.15) is 18.9 Å². The second-order valence-corrected chi connectivity index (χ2v) is 5.34. The third-order valence-corrected chi connectivity index (χ3v) is 3.68. The molecule has 5 heteroatoms. The molecule has 0 unspecified atom stereocenters. The molecule has 18 heavy (non-hydrogen) atoms. The molecule has 0 spiro atoms. The molecule has 0 aliphatic carbocycles. The molecular weight excluding hydrogens is 232 g/mol. The second-order valence-electron chi connectivity index (χ2n) is 5.34. The monoisotopic (exact) mass is 250 g/mol. The highest BCUT2D eigenvalue weighted by Gasteiger charge is 2.35. The van der Waals surface area contributed by atoms with Crippen LogP contribution in [0.5, 0.6) is 0 Å². The summed E-state index contributed by atoms with van der Waals surface area (Å²) in [5.41, 5.74) is 1.37. The molecule has 1 aromatic rings. The minimum Gasteiger partial charge on any atom is -0.396 e. The van der Waals surface area contributed by atoms with Crippen molar-refractivity contribution in [2.45, 2.75) is 20.3 Å². The van der Waals surface area contributed by atoms with Gasteiger partial charge in [0.15, 0.2) is 0 Å². The lowest BCUT2D eigenvalue weighted by atomic mass is 9.91. The molecule has 98 valence electrons. The zero-order valence-corrected chi connectivity index (χ0v) is 10.7. The van der Waals surface area contributed by atoms with E-state index in [9.17, 15) is 15.2 Å². The van der Waals surface area contributed by atoms with Crippen LogP contribution in [0.15, 0.2) is 18.2 Å². The van der Waals surface area contributed by atoms with E-state index in [-0.39, 0.29) is 22.6 Å². The molecule has 5 nitrogen and oxygen atoms in total. The van der Waals surface area contributed by atoms with E-state index in [2.05, 4.69) is 0 Å². The van der Waals surface area contributed by atoms with E-state index < -0.39 is 0 Å². The summed E-state index contributed by atoms with van der Waals surface area (Å²) in [5.74, 6) is 0. The molecule has 1 fully saturated rings. The summed E-state index contributed by atoms with van der Waals surface area (Å²) in [6.07, 6.45) is 0.856. The number of aliphatic hydroxyl groups is 1. The topological polar surface area (TPSA) is 66.6 Å². The predicted molar refractivity (Wildman–Crippen MR) is 69.9 cm³/mol. The first kappa shape index (κ1) is 12.8. The number of benzene rings is 1. The quantitative estimate of drug-likeness (QED) is 0.659. The number of anilines is 1. The summed E-state index contributed by atoms with van der Waals surface area (Å²) >= 11 is 0. The zero-order chi connectivity index (χ0) is 13.3. The number of nitro groups is 1. The number of nitro benzene ring substituents is 1. The Bertz CT molecular complexity index is 475. The second kappa shape index (κ2) is 4.57. The Morgan fingerprint density at radius 3 is 2.83 bits per heavy atom. The van der Waals surface area contributed by atoms with Gasteiger partial charge in [-0.1, -0.05) is 19.1 Å². The molecule has 1 aliphatic rings. The van der Waals surface area contributed by atoms with Gasteiger partial charge in [0.05, 0.1) is 11.5 Å². The number of rotatable bonds is 3. The molecule has 1 aliphatic heterocycles. The van der Waals surface area contributed by atoms with Gasteiger partial charge in [-0.3, -0.25) is 10.1 Å². The van der Waals surface area contributed by atoms with Gasteiger partial charge in [0.1, 0.15) is 5.69 Å². The number of para-hydroxylation sites is 1. The molecule has 1 saturated heterocycles. The van der Waals surface area contributed by atoms with Crippen molar-refractivity contribution in [2.75, 3.05) is 24.6 Å².